The van der Waals surface area contributed by atoms with Crippen molar-refractivity contribution >= 4 is 20.5 Å². The van der Waals surface area contributed by atoms with E-state index in [4.69, 9.17) is 9.84 Å². The third-order valence-corrected chi connectivity index (χ3v) is 2.67. The lowest BCUT2D eigenvalue weighted by Gasteiger charge is -2.39. The van der Waals surface area contributed by atoms with Gasteiger partial charge in [0.1, 0.15) is 19.4 Å². The maximum absolute atomic E-state index is 9.45. The van der Waals surface area contributed by atoms with E-state index >= 15 is 0 Å². The maximum Gasteiger partial charge on any atom is 0.126 e. The van der Waals surface area contributed by atoms with Gasteiger partial charge >= 0.3 is 0 Å². The lowest BCUT2D eigenvalue weighted by molar-refractivity contribution is -0.148. The third-order valence-electron chi connectivity index (χ3n) is 2.24. The molecule has 6 heteroatoms. The van der Waals surface area contributed by atoms with Gasteiger partial charge in [-0.1, -0.05) is 0 Å². The summed E-state index contributed by atoms with van der Waals surface area (Å²) in [6.45, 7) is -0.255. The minimum Gasteiger partial charge on any atom is -0.394 e. The van der Waals surface area contributed by atoms with Crippen molar-refractivity contribution in [2.45, 2.75) is 29.6 Å². The second-order valence-corrected chi connectivity index (χ2v) is 3.60. The van der Waals surface area contributed by atoms with Crippen LogP contribution in [0.3, 0.4) is 0 Å². The first-order valence-corrected chi connectivity index (χ1v) is 4.40. The van der Waals surface area contributed by atoms with Gasteiger partial charge in [0.05, 0.1) is 18.8 Å². The van der Waals surface area contributed by atoms with Crippen LogP contribution in [0.1, 0.15) is 0 Å². The van der Waals surface area contributed by atoms with Gasteiger partial charge in [0.25, 0.3) is 0 Å². The molecule has 0 aromatic carbocycles. The first-order valence-electron chi connectivity index (χ1n) is 3.88. The van der Waals surface area contributed by atoms with Crippen molar-refractivity contribution in [2.75, 3.05) is 6.61 Å². The molecule has 0 saturated carbocycles. The summed E-state index contributed by atoms with van der Waals surface area (Å²) >= 11 is 3.97. The average molecular weight is 192 g/mol. The highest BCUT2D eigenvalue weighted by Gasteiger charge is 2.39. The Balaban J connectivity index is 2.63. The van der Waals surface area contributed by atoms with Gasteiger partial charge in [0.15, 0.2) is 0 Å². The molecule has 0 spiro atoms. The smallest absolute Gasteiger partial charge is 0.126 e. The molecule has 0 aromatic rings. The summed E-state index contributed by atoms with van der Waals surface area (Å²) in [5.41, 5.74) is -0.624. The van der Waals surface area contributed by atoms with Crippen LogP contribution >= 0.6 is 12.6 Å². The number of rotatable bonds is 1. The standard InChI is InChI=1S/C6H13BO4S/c7-3-4(9)2(1-8)11-6(12)5(3)10/h2-6,8-10,12H,1,7H2/t2?,3?,4-,5-,6-/m0/s1. The van der Waals surface area contributed by atoms with E-state index < -0.39 is 23.7 Å². The van der Waals surface area contributed by atoms with Crippen molar-refractivity contribution in [3.05, 3.63) is 0 Å². The molecule has 4 nitrogen and oxygen atoms in total. The summed E-state index contributed by atoms with van der Waals surface area (Å²) in [5.74, 6) is -0.321. The van der Waals surface area contributed by atoms with Crippen molar-refractivity contribution in [3.8, 4) is 0 Å². The Kier molecular flexibility index (Phi) is 3.42. The predicted molar refractivity (Wildman–Crippen MR) is 49.0 cm³/mol. The Morgan fingerprint density at radius 1 is 1.33 bits per heavy atom. The monoisotopic (exact) mass is 192 g/mol. The SMILES string of the molecule is BC1[C@@H](O)C(CO)O[C@@H](S)[C@H]1O. The van der Waals surface area contributed by atoms with E-state index in [9.17, 15) is 10.2 Å². The predicted octanol–water partition coefficient (Wildman–Crippen LogP) is -2.22. The van der Waals surface area contributed by atoms with E-state index in [1.165, 1.54) is 0 Å². The van der Waals surface area contributed by atoms with Gasteiger partial charge in [-0.3, -0.25) is 0 Å². The minimum absolute atomic E-state index is 0.255. The highest BCUT2D eigenvalue weighted by atomic mass is 32.1. The third kappa shape index (κ3) is 1.77. The molecule has 2 unspecified atom stereocenters. The summed E-state index contributed by atoms with van der Waals surface area (Å²) in [7, 11) is 1.70. The van der Waals surface area contributed by atoms with Crippen LogP contribution in [-0.4, -0.2) is 53.5 Å². The van der Waals surface area contributed by atoms with Crippen LogP contribution in [0, 0.1) is 0 Å². The van der Waals surface area contributed by atoms with E-state index in [0.717, 1.165) is 0 Å². The van der Waals surface area contributed by atoms with Crippen molar-refractivity contribution in [3.63, 3.8) is 0 Å². The molecular formula is C6H13BO4S. The molecular weight excluding hydrogens is 179 g/mol. The molecule has 5 atom stereocenters. The quantitative estimate of drug-likeness (QED) is 0.280. The Labute approximate surface area is 77.4 Å². The summed E-state index contributed by atoms with van der Waals surface area (Å²) in [6.07, 6.45) is -2.24. The number of aliphatic hydroxyl groups is 3. The van der Waals surface area contributed by atoms with Gasteiger partial charge in [-0.25, -0.2) is 0 Å². The van der Waals surface area contributed by atoms with E-state index in [0.29, 0.717) is 0 Å². The van der Waals surface area contributed by atoms with Crippen LogP contribution in [0.25, 0.3) is 0 Å². The number of ether oxygens (including phenoxy) is 1. The van der Waals surface area contributed by atoms with Gasteiger partial charge < -0.3 is 20.1 Å². The molecule has 1 aliphatic heterocycles. The molecule has 0 aliphatic carbocycles. The first kappa shape index (κ1) is 10.3. The Morgan fingerprint density at radius 3 is 2.42 bits per heavy atom. The topological polar surface area (TPSA) is 69.9 Å². The summed E-state index contributed by atoms with van der Waals surface area (Å²) in [4.78, 5) is 0. The fourth-order valence-electron chi connectivity index (χ4n) is 1.29. The molecule has 12 heavy (non-hydrogen) atoms. The molecule has 1 saturated heterocycles. The number of hydrogen-bond donors (Lipinski definition) is 4. The van der Waals surface area contributed by atoms with Gasteiger partial charge in [-0.05, 0) is 5.82 Å². The molecule has 0 bridgehead atoms. The molecule has 1 rings (SSSR count). The van der Waals surface area contributed by atoms with Crippen molar-refractivity contribution in [2.24, 2.45) is 0 Å². The van der Waals surface area contributed by atoms with Crippen LogP contribution in [0.15, 0.2) is 0 Å². The molecule has 1 fully saturated rings. The molecule has 3 N–H and O–H groups in total. The summed E-state index contributed by atoms with van der Waals surface area (Å²) in [6, 6.07) is 0. The second kappa shape index (κ2) is 3.98. The van der Waals surface area contributed by atoms with E-state index in [1.807, 2.05) is 0 Å². The molecule has 0 aromatic heterocycles. The van der Waals surface area contributed by atoms with Crippen LogP contribution < -0.4 is 0 Å². The zero-order valence-electron chi connectivity index (χ0n) is 6.79. The van der Waals surface area contributed by atoms with Crippen LogP contribution in [0.2, 0.25) is 5.82 Å². The number of thiol groups is 1. The highest BCUT2D eigenvalue weighted by molar-refractivity contribution is 7.80. The second-order valence-electron chi connectivity index (χ2n) is 3.09. The normalized spacial score (nSPS) is 49.2. The largest absolute Gasteiger partial charge is 0.394 e. The van der Waals surface area contributed by atoms with E-state index in [2.05, 4.69) is 12.6 Å². The van der Waals surface area contributed by atoms with Gasteiger partial charge in [0, 0.05) is 0 Å². The fourth-order valence-corrected chi connectivity index (χ4v) is 1.72. The first-order chi connectivity index (χ1) is 5.57. The summed E-state index contributed by atoms with van der Waals surface area (Å²) < 4.78 is 5.04. The summed E-state index contributed by atoms with van der Waals surface area (Å²) in [5, 5.41) is 27.6. The van der Waals surface area contributed by atoms with Crippen molar-refractivity contribution in [1.29, 1.82) is 0 Å². The van der Waals surface area contributed by atoms with Crippen molar-refractivity contribution in [1.82, 2.24) is 0 Å². The number of hydrogen-bond acceptors (Lipinski definition) is 5. The van der Waals surface area contributed by atoms with E-state index in [-0.39, 0.29) is 12.4 Å². The van der Waals surface area contributed by atoms with Crippen LogP contribution in [-0.2, 0) is 4.74 Å². The minimum atomic E-state index is -0.826. The molecule has 0 radical (unpaired) electrons. The molecule has 70 valence electrons. The Bertz CT molecular complexity index is 154. The lowest BCUT2D eigenvalue weighted by Crippen LogP contribution is -2.50. The van der Waals surface area contributed by atoms with Gasteiger partial charge in [0.2, 0.25) is 0 Å². The molecule has 0 amide bonds. The van der Waals surface area contributed by atoms with Crippen molar-refractivity contribution < 1.29 is 20.1 Å². The maximum atomic E-state index is 9.45. The lowest BCUT2D eigenvalue weighted by atomic mass is 9.75. The van der Waals surface area contributed by atoms with Gasteiger partial charge in [-0.2, -0.15) is 0 Å². The molecule has 1 aliphatic rings. The van der Waals surface area contributed by atoms with Gasteiger partial charge in [-0.15, -0.1) is 12.6 Å². The van der Waals surface area contributed by atoms with Crippen LogP contribution in [0.4, 0.5) is 0 Å². The Morgan fingerprint density at radius 2 is 1.92 bits per heavy atom. The fraction of sp³-hybridized carbons (Fsp3) is 1.00. The highest BCUT2D eigenvalue weighted by Crippen LogP contribution is 2.29. The Hall–Kier alpha value is 0.255. The number of aliphatic hydroxyl groups excluding tert-OH is 3. The zero-order chi connectivity index (χ0) is 9.30. The average Bonchev–Trinajstić information content (AvgIpc) is 2.08. The van der Waals surface area contributed by atoms with E-state index in [1.54, 1.807) is 7.85 Å². The molecule has 1 heterocycles. The zero-order valence-corrected chi connectivity index (χ0v) is 7.69. The van der Waals surface area contributed by atoms with Crippen LogP contribution in [0.5, 0.6) is 0 Å².